The van der Waals surface area contributed by atoms with Crippen LogP contribution in [0.5, 0.6) is 11.5 Å². The van der Waals surface area contributed by atoms with Crippen LogP contribution in [0.2, 0.25) is 0 Å². The summed E-state index contributed by atoms with van der Waals surface area (Å²) >= 11 is 0. The maximum absolute atomic E-state index is 11.1. The molecule has 0 aromatic heterocycles. The third-order valence-corrected chi connectivity index (χ3v) is 2.11. The first kappa shape index (κ1) is 8.77. The third kappa shape index (κ3) is 1.08. The second kappa shape index (κ2) is 2.85. The maximum Gasteiger partial charge on any atom is 0.341 e. The van der Waals surface area contributed by atoms with Crippen molar-refractivity contribution in [3.8, 4) is 11.5 Å². The molecular formula is C10H8O4. The van der Waals surface area contributed by atoms with Crippen LogP contribution in [0.1, 0.15) is 11.7 Å². The highest BCUT2D eigenvalue weighted by Gasteiger charge is 2.31. The van der Waals surface area contributed by atoms with E-state index >= 15 is 0 Å². The van der Waals surface area contributed by atoms with Crippen molar-refractivity contribution in [2.24, 2.45) is 0 Å². The van der Waals surface area contributed by atoms with Gasteiger partial charge in [-0.3, -0.25) is 0 Å². The zero-order valence-corrected chi connectivity index (χ0v) is 7.23. The van der Waals surface area contributed by atoms with Gasteiger partial charge in [-0.2, -0.15) is 0 Å². The quantitative estimate of drug-likeness (QED) is 0.364. The number of phenols is 1. The minimum Gasteiger partial charge on any atom is -0.507 e. The topological polar surface area (TPSA) is 66.8 Å². The van der Waals surface area contributed by atoms with Crippen molar-refractivity contribution in [2.45, 2.75) is 6.10 Å². The van der Waals surface area contributed by atoms with Gasteiger partial charge in [0.15, 0.2) is 0 Å². The number of ether oxygens (including phenoxy) is 1. The van der Waals surface area contributed by atoms with E-state index in [0.29, 0.717) is 0 Å². The molecule has 1 aromatic carbocycles. The van der Waals surface area contributed by atoms with Crippen LogP contribution in [0.4, 0.5) is 0 Å². The molecule has 0 saturated heterocycles. The number of hydrogen-bond acceptors (Lipinski definition) is 4. The van der Waals surface area contributed by atoms with E-state index in [1.807, 2.05) is 0 Å². The van der Waals surface area contributed by atoms with Gasteiger partial charge in [0.1, 0.15) is 17.6 Å². The Labute approximate surface area is 80.1 Å². The van der Waals surface area contributed by atoms with E-state index in [0.717, 1.165) is 0 Å². The lowest BCUT2D eigenvalue weighted by atomic mass is 9.98. The molecule has 72 valence electrons. The van der Waals surface area contributed by atoms with E-state index in [2.05, 4.69) is 6.58 Å². The van der Waals surface area contributed by atoms with Gasteiger partial charge in [0, 0.05) is 0 Å². The Kier molecular flexibility index (Phi) is 1.79. The fraction of sp³-hybridized carbons (Fsp3) is 0.100. The first-order valence-corrected chi connectivity index (χ1v) is 4.02. The Hall–Kier alpha value is -1.81. The fourth-order valence-electron chi connectivity index (χ4n) is 1.35. The van der Waals surface area contributed by atoms with Crippen molar-refractivity contribution < 1.29 is 19.7 Å². The van der Waals surface area contributed by atoms with Gasteiger partial charge in [0.25, 0.3) is 0 Å². The maximum atomic E-state index is 11.1. The minimum atomic E-state index is -1.19. The Morgan fingerprint density at radius 1 is 1.43 bits per heavy atom. The van der Waals surface area contributed by atoms with Crippen LogP contribution < -0.4 is 4.74 Å². The number of esters is 1. The van der Waals surface area contributed by atoms with Crippen molar-refractivity contribution in [3.05, 3.63) is 35.9 Å². The lowest BCUT2D eigenvalue weighted by Gasteiger charge is -2.22. The number of phenolic OH excluding ortho intramolecular Hbond substituents is 1. The number of fused-ring (bicyclic) bond motifs is 1. The summed E-state index contributed by atoms with van der Waals surface area (Å²) < 4.78 is 4.84. The Bertz CT molecular complexity index is 422. The molecule has 0 saturated carbocycles. The second-order valence-electron chi connectivity index (χ2n) is 3.01. The summed E-state index contributed by atoms with van der Waals surface area (Å²) in [5.74, 6) is -0.603. The van der Waals surface area contributed by atoms with Crippen molar-refractivity contribution in [3.63, 3.8) is 0 Å². The lowest BCUT2D eigenvalue weighted by Crippen LogP contribution is -2.22. The first-order valence-electron chi connectivity index (χ1n) is 4.02. The predicted molar refractivity (Wildman–Crippen MR) is 47.8 cm³/mol. The summed E-state index contributed by atoms with van der Waals surface area (Å²) in [4.78, 5) is 11.1. The van der Waals surface area contributed by atoms with E-state index in [9.17, 15) is 15.0 Å². The molecule has 1 aromatic rings. The van der Waals surface area contributed by atoms with Crippen LogP contribution in [0.15, 0.2) is 30.4 Å². The van der Waals surface area contributed by atoms with Gasteiger partial charge in [0.05, 0.1) is 11.1 Å². The van der Waals surface area contributed by atoms with Crippen LogP contribution in [0, 0.1) is 0 Å². The number of aromatic hydroxyl groups is 1. The Morgan fingerprint density at radius 3 is 2.86 bits per heavy atom. The van der Waals surface area contributed by atoms with Gasteiger partial charge in [-0.25, -0.2) is 4.79 Å². The molecule has 4 heteroatoms. The van der Waals surface area contributed by atoms with Crippen molar-refractivity contribution in [1.82, 2.24) is 0 Å². The van der Waals surface area contributed by atoms with E-state index in [1.165, 1.54) is 18.2 Å². The van der Waals surface area contributed by atoms with E-state index in [1.54, 1.807) is 0 Å². The zero-order valence-electron chi connectivity index (χ0n) is 7.23. The number of hydrogen-bond donors (Lipinski definition) is 2. The van der Waals surface area contributed by atoms with Crippen molar-refractivity contribution >= 4 is 5.97 Å². The molecule has 0 spiro atoms. The monoisotopic (exact) mass is 192 g/mol. The predicted octanol–water partition coefficient (Wildman–Crippen LogP) is 0.901. The standard InChI is InChI=1S/C10H8O4/c1-5-9(12)8-6(11)3-2-4-7(8)14-10(5)13/h2-4,9,11-12H,1H2. The summed E-state index contributed by atoms with van der Waals surface area (Å²) in [5, 5.41) is 19.1. The molecule has 0 fully saturated rings. The largest absolute Gasteiger partial charge is 0.507 e. The number of carbonyl (C=O) groups excluding carboxylic acids is 1. The Morgan fingerprint density at radius 2 is 2.14 bits per heavy atom. The summed E-state index contributed by atoms with van der Waals surface area (Å²) in [7, 11) is 0. The van der Waals surface area contributed by atoms with Gasteiger partial charge in [-0.15, -0.1) is 0 Å². The molecule has 1 atom stereocenters. The van der Waals surface area contributed by atoms with E-state index in [-0.39, 0.29) is 22.6 Å². The second-order valence-corrected chi connectivity index (χ2v) is 3.01. The zero-order chi connectivity index (χ0) is 10.3. The minimum absolute atomic E-state index is 0.0704. The fourth-order valence-corrected chi connectivity index (χ4v) is 1.35. The summed E-state index contributed by atoms with van der Waals surface area (Å²) in [6, 6.07) is 4.44. The van der Waals surface area contributed by atoms with Crippen molar-refractivity contribution in [2.75, 3.05) is 0 Å². The van der Waals surface area contributed by atoms with Crippen molar-refractivity contribution in [1.29, 1.82) is 0 Å². The van der Waals surface area contributed by atoms with Crippen LogP contribution >= 0.6 is 0 Å². The molecule has 0 amide bonds. The van der Waals surface area contributed by atoms with Crippen LogP contribution in [-0.2, 0) is 4.79 Å². The van der Waals surface area contributed by atoms with Crippen LogP contribution in [0.3, 0.4) is 0 Å². The van der Waals surface area contributed by atoms with E-state index in [4.69, 9.17) is 4.74 Å². The third-order valence-electron chi connectivity index (χ3n) is 2.11. The smallest absolute Gasteiger partial charge is 0.341 e. The first-order chi connectivity index (χ1) is 6.61. The molecular weight excluding hydrogens is 184 g/mol. The molecule has 1 aliphatic rings. The molecule has 14 heavy (non-hydrogen) atoms. The molecule has 2 rings (SSSR count). The molecule has 0 radical (unpaired) electrons. The van der Waals surface area contributed by atoms with Gasteiger partial charge < -0.3 is 14.9 Å². The number of carbonyl (C=O) groups is 1. The number of aliphatic hydroxyl groups excluding tert-OH is 1. The normalized spacial score (nSPS) is 20.2. The summed E-state index contributed by atoms with van der Waals surface area (Å²) in [6.45, 7) is 3.38. The van der Waals surface area contributed by atoms with Crippen LogP contribution in [-0.4, -0.2) is 16.2 Å². The molecule has 4 nitrogen and oxygen atoms in total. The number of benzene rings is 1. The molecule has 1 unspecified atom stereocenters. The van der Waals surface area contributed by atoms with Gasteiger partial charge in [-0.1, -0.05) is 12.6 Å². The summed E-state index contributed by atoms with van der Waals surface area (Å²) in [5.41, 5.74) is 0.121. The summed E-state index contributed by atoms with van der Waals surface area (Å²) in [6.07, 6.45) is -1.19. The highest BCUT2D eigenvalue weighted by Crippen LogP contribution is 2.40. The number of aliphatic hydroxyl groups is 1. The lowest BCUT2D eigenvalue weighted by molar-refractivity contribution is -0.132. The molecule has 1 heterocycles. The highest BCUT2D eigenvalue weighted by molar-refractivity contribution is 5.93. The molecule has 1 aliphatic heterocycles. The average Bonchev–Trinajstić information content (AvgIpc) is 2.14. The molecule has 2 N–H and O–H groups in total. The average molecular weight is 192 g/mol. The Balaban J connectivity index is 2.62. The molecule has 0 bridgehead atoms. The number of rotatable bonds is 0. The SMILES string of the molecule is C=C1C(=O)Oc2cccc(O)c2C1O. The molecule has 0 aliphatic carbocycles. The highest BCUT2D eigenvalue weighted by atomic mass is 16.5. The van der Waals surface area contributed by atoms with Gasteiger partial charge in [-0.05, 0) is 12.1 Å². The van der Waals surface area contributed by atoms with Gasteiger partial charge >= 0.3 is 5.97 Å². The van der Waals surface area contributed by atoms with Crippen LogP contribution in [0.25, 0.3) is 0 Å². The van der Waals surface area contributed by atoms with Gasteiger partial charge in [0.2, 0.25) is 0 Å². The van der Waals surface area contributed by atoms with E-state index < -0.39 is 12.1 Å².